The van der Waals surface area contributed by atoms with Gasteiger partial charge in [-0.1, -0.05) is 55.3 Å². The maximum atomic E-state index is 12.4. The Kier molecular flexibility index (Phi) is 4.56. The van der Waals surface area contributed by atoms with Gasteiger partial charge in [-0.25, -0.2) is 4.79 Å². The number of nitriles is 1. The van der Waals surface area contributed by atoms with E-state index in [0.29, 0.717) is 6.42 Å². The molecule has 0 bridgehead atoms. The molecule has 1 aromatic rings. The molecule has 1 aromatic carbocycles. The molecule has 0 heterocycles. The van der Waals surface area contributed by atoms with Gasteiger partial charge < -0.3 is 4.74 Å². The first-order valence-electron chi connectivity index (χ1n) is 8.87. The number of allylic oxidation sites excluding steroid dienone is 2. The Bertz CT molecular complexity index is 808. The Morgan fingerprint density at radius 2 is 2.08 bits per heavy atom. The first kappa shape index (κ1) is 17.5. The van der Waals surface area contributed by atoms with Crippen LogP contribution in [0, 0.1) is 22.7 Å². The molecule has 0 aromatic heterocycles. The summed E-state index contributed by atoms with van der Waals surface area (Å²) in [4.78, 5) is 12.4. The van der Waals surface area contributed by atoms with Gasteiger partial charge in [0.25, 0.3) is 0 Å². The maximum absolute atomic E-state index is 12.4. The van der Waals surface area contributed by atoms with E-state index in [-0.39, 0.29) is 23.2 Å². The van der Waals surface area contributed by atoms with Crippen molar-refractivity contribution in [1.29, 1.82) is 5.26 Å². The van der Waals surface area contributed by atoms with E-state index in [2.05, 4.69) is 45.0 Å². The normalized spacial score (nSPS) is 24.4. The van der Waals surface area contributed by atoms with Crippen molar-refractivity contribution < 1.29 is 9.53 Å². The van der Waals surface area contributed by atoms with Crippen LogP contribution in [0.15, 0.2) is 41.0 Å². The van der Waals surface area contributed by atoms with Crippen LogP contribution in [0.2, 0.25) is 0 Å². The second-order valence-electron chi connectivity index (χ2n) is 7.71. The molecule has 0 spiro atoms. The zero-order chi connectivity index (χ0) is 18.2. The predicted molar refractivity (Wildman–Crippen MR) is 98.6 cm³/mol. The Morgan fingerprint density at radius 1 is 1.36 bits per heavy atom. The minimum atomic E-state index is -0.222. The molecule has 0 fully saturated rings. The number of methoxy groups -OCH3 is 1. The minimum absolute atomic E-state index is 0.126. The lowest BCUT2D eigenvalue weighted by atomic mass is 9.66. The number of nitrogens with zero attached hydrogens (tertiary/aromatic N) is 1. The van der Waals surface area contributed by atoms with E-state index in [9.17, 15) is 10.1 Å². The van der Waals surface area contributed by atoms with E-state index >= 15 is 0 Å². The zero-order valence-corrected chi connectivity index (χ0v) is 15.4. The molecule has 0 N–H and O–H groups in total. The molecule has 0 amide bonds. The van der Waals surface area contributed by atoms with E-state index in [1.165, 1.54) is 23.8 Å². The molecule has 0 saturated heterocycles. The van der Waals surface area contributed by atoms with Crippen molar-refractivity contribution in [3.05, 3.63) is 52.1 Å². The van der Waals surface area contributed by atoms with Crippen LogP contribution < -0.4 is 0 Å². The second-order valence-corrected chi connectivity index (χ2v) is 7.71. The fourth-order valence-corrected chi connectivity index (χ4v) is 4.59. The Labute approximate surface area is 150 Å². The maximum Gasteiger partial charge on any atom is 0.334 e. The van der Waals surface area contributed by atoms with Gasteiger partial charge in [0, 0.05) is 23.8 Å². The van der Waals surface area contributed by atoms with Gasteiger partial charge in [0.05, 0.1) is 13.2 Å². The van der Waals surface area contributed by atoms with E-state index in [0.717, 1.165) is 24.0 Å². The summed E-state index contributed by atoms with van der Waals surface area (Å²) in [7, 11) is 1.45. The summed E-state index contributed by atoms with van der Waals surface area (Å²) in [5.74, 6) is 0.106. The lowest BCUT2D eigenvalue weighted by Gasteiger charge is -2.38. The van der Waals surface area contributed by atoms with E-state index in [4.69, 9.17) is 4.74 Å². The van der Waals surface area contributed by atoms with Gasteiger partial charge in [0.15, 0.2) is 0 Å². The number of benzene rings is 1. The average molecular weight is 335 g/mol. The van der Waals surface area contributed by atoms with Crippen LogP contribution in [0.1, 0.15) is 57.1 Å². The fraction of sp³-hybridized carbons (Fsp3) is 0.455. The first-order valence-corrected chi connectivity index (χ1v) is 8.87. The number of ether oxygens (including phenoxy) is 1. The van der Waals surface area contributed by atoms with Crippen LogP contribution in [0.5, 0.6) is 0 Å². The van der Waals surface area contributed by atoms with Crippen LogP contribution in [-0.4, -0.2) is 13.1 Å². The van der Waals surface area contributed by atoms with Crippen molar-refractivity contribution >= 4 is 12.0 Å². The molecule has 3 rings (SSSR count). The standard InChI is InChI=1S/C22H25NO2/c1-14-16(9-11-22(2,3)20(14)21(24)25-4)19-13-15-7-5-6-8-17(15)18(19)10-12-23/h5-8,13,16,18H,9-11H2,1-4H3. The fourth-order valence-electron chi connectivity index (χ4n) is 4.59. The second kappa shape index (κ2) is 6.52. The molecular formula is C22H25NO2. The lowest BCUT2D eigenvalue weighted by molar-refractivity contribution is -0.137. The molecule has 2 aliphatic rings. The summed E-state index contributed by atoms with van der Waals surface area (Å²) in [6.45, 7) is 6.29. The van der Waals surface area contributed by atoms with Crippen molar-refractivity contribution in [2.45, 2.75) is 46.0 Å². The summed E-state index contributed by atoms with van der Waals surface area (Å²) < 4.78 is 5.07. The number of rotatable bonds is 3. The van der Waals surface area contributed by atoms with Crippen molar-refractivity contribution in [3.63, 3.8) is 0 Å². The number of hydrogen-bond donors (Lipinski definition) is 0. The topological polar surface area (TPSA) is 50.1 Å². The molecule has 3 heteroatoms. The molecule has 130 valence electrons. The summed E-state index contributed by atoms with van der Waals surface area (Å²) in [5.41, 5.74) is 5.44. The Hall–Kier alpha value is -2.34. The predicted octanol–water partition coefficient (Wildman–Crippen LogP) is 5.01. The molecule has 0 saturated carbocycles. The number of carbonyl (C=O) groups excluding carboxylic acids is 1. The van der Waals surface area contributed by atoms with Crippen LogP contribution in [-0.2, 0) is 9.53 Å². The summed E-state index contributed by atoms with van der Waals surface area (Å²) in [6.07, 6.45) is 4.65. The highest BCUT2D eigenvalue weighted by Crippen LogP contribution is 2.51. The van der Waals surface area contributed by atoms with Gasteiger partial charge in [-0.2, -0.15) is 5.26 Å². The molecular weight excluding hydrogens is 310 g/mol. The van der Waals surface area contributed by atoms with Crippen molar-refractivity contribution in [2.75, 3.05) is 7.11 Å². The monoisotopic (exact) mass is 335 g/mol. The highest BCUT2D eigenvalue weighted by molar-refractivity contribution is 5.91. The third kappa shape index (κ3) is 2.91. The van der Waals surface area contributed by atoms with Crippen LogP contribution in [0.4, 0.5) is 0 Å². The van der Waals surface area contributed by atoms with Crippen LogP contribution >= 0.6 is 0 Å². The van der Waals surface area contributed by atoms with Gasteiger partial charge in [0.2, 0.25) is 0 Å². The summed E-state index contributed by atoms with van der Waals surface area (Å²) in [5, 5.41) is 9.33. The number of fused-ring (bicyclic) bond motifs is 1. The number of hydrogen-bond acceptors (Lipinski definition) is 3. The minimum Gasteiger partial charge on any atom is -0.466 e. The number of esters is 1. The van der Waals surface area contributed by atoms with Crippen molar-refractivity contribution in [3.8, 4) is 6.07 Å². The van der Waals surface area contributed by atoms with Gasteiger partial charge >= 0.3 is 5.97 Å². The molecule has 2 atom stereocenters. The Morgan fingerprint density at radius 3 is 2.76 bits per heavy atom. The van der Waals surface area contributed by atoms with Crippen LogP contribution in [0.3, 0.4) is 0 Å². The highest BCUT2D eigenvalue weighted by Gasteiger charge is 2.41. The Balaban J connectivity index is 2.07. The van der Waals surface area contributed by atoms with Gasteiger partial charge in [0.1, 0.15) is 0 Å². The van der Waals surface area contributed by atoms with Gasteiger partial charge in [-0.05, 0) is 36.3 Å². The largest absolute Gasteiger partial charge is 0.466 e. The quantitative estimate of drug-likeness (QED) is 0.730. The number of carbonyl (C=O) groups is 1. The smallest absolute Gasteiger partial charge is 0.334 e. The third-order valence-electron chi connectivity index (χ3n) is 5.84. The van der Waals surface area contributed by atoms with E-state index < -0.39 is 0 Å². The SMILES string of the molecule is COC(=O)C1=C(C)C(C2=Cc3ccccc3C2CC#N)CCC1(C)C. The molecule has 2 aliphatic carbocycles. The van der Waals surface area contributed by atoms with Gasteiger partial charge in [-0.15, -0.1) is 0 Å². The molecule has 0 radical (unpaired) electrons. The van der Waals surface area contributed by atoms with E-state index in [1.807, 2.05) is 12.1 Å². The molecule has 0 aliphatic heterocycles. The average Bonchev–Trinajstić information content (AvgIpc) is 2.93. The van der Waals surface area contributed by atoms with E-state index in [1.54, 1.807) is 0 Å². The van der Waals surface area contributed by atoms with Crippen LogP contribution in [0.25, 0.3) is 6.08 Å². The lowest BCUT2D eigenvalue weighted by Crippen LogP contribution is -2.31. The van der Waals surface area contributed by atoms with Crippen molar-refractivity contribution in [1.82, 2.24) is 0 Å². The van der Waals surface area contributed by atoms with Gasteiger partial charge in [-0.3, -0.25) is 0 Å². The zero-order valence-electron chi connectivity index (χ0n) is 15.4. The summed E-state index contributed by atoms with van der Waals surface area (Å²) in [6, 6.07) is 10.6. The molecule has 2 unspecified atom stereocenters. The molecule has 25 heavy (non-hydrogen) atoms. The summed E-state index contributed by atoms with van der Waals surface area (Å²) >= 11 is 0. The molecule has 3 nitrogen and oxygen atoms in total. The van der Waals surface area contributed by atoms with Crippen molar-refractivity contribution in [2.24, 2.45) is 11.3 Å². The highest BCUT2D eigenvalue weighted by atomic mass is 16.5. The first-order chi connectivity index (χ1) is 11.9. The third-order valence-corrected chi connectivity index (χ3v) is 5.84.